The normalized spacial score (nSPS) is 15.8. The third-order valence-corrected chi connectivity index (χ3v) is 10.9. The standard InChI is InChI=1S/C41H53N11O3/c1-9-49-35(24-27(3)44-49)38(53)42-40-46(7)32-15-11-12-16-33(32)51(40)29(5)18-19-30(6)52-37-31(26-48-20-22-55-23-21-48)14-13-17-34(37)47(8)41(52)43-39(54)36-25-28(4)45-50(36)10-2/h11-17,24-25,29-30H,9-10,18-23,26H2,1-8H3/b42-40+,43-41+. The smallest absolute Gasteiger partial charge is 0.298 e. The minimum Gasteiger partial charge on any atom is -0.379 e. The Morgan fingerprint density at radius 3 is 1.82 bits per heavy atom. The lowest BCUT2D eigenvalue weighted by Crippen LogP contribution is -2.36. The van der Waals surface area contributed by atoms with Gasteiger partial charge in [0.05, 0.1) is 46.7 Å². The summed E-state index contributed by atoms with van der Waals surface area (Å²) in [6, 6.07) is 18.1. The first-order valence-electron chi connectivity index (χ1n) is 19.4. The van der Waals surface area contributed by atoms with Crippen molar-refractivity contribution in [2.45, 2.75) is 86.1 Å². The highest BCUT2D eigenvalue weighted by Crippen LogP contribution is 2.28. The molecule has 2 unspecified atom stereocenters. The van der Waals surface area contributed by atoms with Crippen molar-refractivity contribution < 1.29 is 14.3 Å². The van der Waals surface area contributed by atoms with Gasteiger partial charge >= 0.3 is 0 Å². The summed E-state index contributed by atoms with van der Waals surface area (Å²) in [6.45, 7) is 17.2. The highest BCUT2D eigenvalue weighted by atomic mass is 16.5. The molecule has 1 aliphatic rings. The number of imidazole rings is 2. The number of amides is 2. The average Bonchev–Trinajstić information content (AvgIpc) is 3.92. The lowest BCUT2D eigenvalue weighted by Gasteiger charge is -2.27. The number of morpholine rings is 1. The summed E-state index contributed by atoms with van der Waals surface area (Å²) in [7, 11) is 3.95. The molecule has 14 nitrogen and oxygen atoms in total. The van der Waals surface area contributed by atoms with Gasteiger partial charge < -0.3 is 23.0 Å². The van der Waals surface area contributed by atoms with E-state index in [0.29, 0.717) is 48.9 Å². The summed E-state index contributed by atoms with van der Waals surface area (Å²) in [5, 5.41) is 9.00. The van der Waals surface area contributed by atoms with E-state index in [-0.39, 0.29) is 23.9 Å². The molecular formula is C41H53N11O3. The lowest BCUT2D eigenvalue weighted by atomic mass is 10.1. The molecule has 290 valence electrons. The zero-order chi connectivity index (χ0) is 39.0. The van der Waals surface area contributed by atoms with Gasteiger partial charge in [0.25, 0.3) is 11.8 Å². The first kappa shape index (κ1) is 38.0. The van der Waals surface area contributed by atoms with E-state index in [0.717, 1.165) is 65.9 Å². The molecule has 0 bridgehead atoms. The average molecular weight is 748 g/mol. The second kappa shape index (κ2) is 15.8. The van der Waals surface area contributed by atoms with E-state index in [1.54, 1.807) is 15.4 Å². The van der Waals surface area contributed by atoms with E-state index in [1.165, 1.54) is 5.56 Å². The third-order valence-electron chi connectivity index (χ3n) is 10.9. The molecule has 0 spiro atoms. The first-order valence-corrected chi connectivity index (χ1v) is 19.4. The number of para-hydroxylation sites is 3. The molecular weight excluding hydrogens is 695 g/mol. The molecule has 6 aromatic rings. The van der Waals surface area contributed by atoms with E-state index in [2.05, 4.69) is 68.4 Å². The predicted octanol–water partition coefficient (Wildman–Crippen LogP) is 5.24. The van der Waals surface area contributed by atoms with Gasteiger partial charge in [0, 0.05) is 58.9 Å². The summed E-state index contributed by atoms with van der Waals surface area (Å²) in [4.78, 5) is 39.7. The Labute approximate surface area is 321 Å². The van der Waals surface area contributed by atoms with Gasteiger partial charge in [-0.25, -0.2) is 0 Å². The number of hydrogen-bond acceptors (Lipinski definition) is 6. The fourth-order valence-corrected chi connectivity index (χ4v) is 8.02. The van der Waals surface area contributed by atoms with Gasteiger partial charge in [-0.05, 0) is 90.3 Å². The van der Waals surface area contributed by atoms with Crippen LogP contribution < -0.4 is 11.2 Å². The van der Waals surface area contributed by atoms with E-state index in [9.17, 15) is 9.59 Å². The molecule has 0 N–H and O–H groups in total. The van der Waals surface area contributed by atoms with Crippen molar-refractivity contribution >= 4 is 33.9 Å². The summed E-state index contributed by atoms with van der Waals surface area (Å²) < 4.78 is 17.6. The van der Waals surface area contributed by atoms with Crippen molar-refractivity contribution in [1.82, 2.24) is 42.7 Å². The highest BCUT2D eigenvalue weighted by Gasteiger charge is 2.24. The number of aryl methyl sites for hydroxylation is 6. The van der Waals surface area contributed by atoms with Crippen molar-refractivity contribution in [3.05, 3.63) is 94.2 Å². The van der Waals surface area contributed by atoms with Gasteiger partial charge in [0.15, 0.2) is 0 Å². The molecule has 1 fully saturated rings. The molecule has 0 saturated carbocycles. The quantitative estimate of drug-likeness (QED) is 0.179. The van der Waals surface area contributed by atoms with Crippen molar-refractivity contribution in [1.29, 1.82) is 0 Å². The Hall–Kier alpha value is -5.34. The van der Waals surface area contributed by atoms with E-state index < -0.39 is 0 Å². The predicted molar refractivity (Wildman–Crippen MR) is 212 cm³/mol. The molecule has 7 rings (SSSR count). The molecule has 0 radical (unpaired) electrons. The Morgan fingerprint density at radius 2 is 1.24 bits per heavy atom. The first-order chi connectivity index (χ1) is 26.5. The number of rotatable bonds is 11. The van der Waals surface area contributed by atoms with Gasteiger partial charge in [0.2, 0.25) is 11.2 Å². The minimum absolute atomic E-state index is 0.0229. The van der Waals surface area contributed by atoms with E-state index >= 15 is 0 Å². The zero-order valence-corrected chi connectivity index (χ0v) is 33.4. The molecule has 5 heterocycles. The van der Waals surface area contributed by atoms with Gasteiger partial charge in [-0.3, -0.25) is 23.9 Å². The number of carbonyl (C=O) groups is 2. The third kappa shape index (κ3) is 7.28. The summed E-state index contributed by atoms with van der Waals surface area (Å²) >= 11 is 0. The van der Waals surface area contributed by atoms with Crippen LogP contribution >= 0.6 is 0 Å². The Morgan fingerprint density at radius 1 is 0.727 bits per heavy atom. The van der Waals surface area contributed by atoms with Crippen LogP contribution in [0.25, 0.3) is 22.1 Å². The van der Waals surface area contributed by atoms with Crippen LogP contribution in [0.2, 0.25) is 0 Å². The number of carbonyl (C=O) groups excluding carboxylic acids is 2. The van der Waals surface area contributed by atoms with Crippen LogP contribution in [-0.2, 0) is 38.5 Å². The van der Waals surface area contributed by atoms with E-state index in [4.69, 9.17) is 14.7 Å². The number of hydrogen-bond donors (Lipinski definition) is 0. The molecule has 4 aromatic heterocycles. The van der Waals surface area contributed by atoms with Crippen molar-refractivity contribution in [3.8, 4) is 0 Å². The van der Waals surface area contributed by atoms with Crippen LogP contribution in [0.1, 0.15) is 90.5 Å². The zero-order valence-electron chi connectivity index (χ0n) is 33.4. The molecule has 2 atom stereocenters. The number of ether oxygens (including phenoxy) is 1. The van der Waals surface area contributed by atoms with Gasteiger partial charge in [-0.2, -0.15) is 20.2 Å². The number of nitrogens with zero attached hydrogens (tertiary/aromatic N) is 11. The van der Waals surface area contributed by atoms with Crippen LogP contribution in [0, 0.1) is 13.8 Å². The van der Waals surface area contributed by atoms with Gasteiger partial charge in [-0.15, -0.1) is 0 Å². The highest BCUT2D eigenvalue weighted by molar-refractivity contribution is 5.94. The van der Waals surface area contributed by atoms with Gasteiger partial charge in [-0.1, -0.05) is 24.3 Å². The fraction of sp³-hybridized carbons (Fsp3) is 0.463. The number of benzene rings is 2. The number of fused-ring (bicyclic) bond motifs is 2. The van der Waals surface area contributed by atoms with Crippen molar-refractivity contribution in [3.63, 3.8) is 0 Å². The number of aromatic nitrogens is 8. The molecule has 1 saturated heterocycles. The van der Waals surface area contributed by atoms with Gasteiger partial charge in [0.1, 0.15) is 11.4 Å². The summed E-state index contributed by atoms with van der Waals surface area (Å²) in [6.07, 6.45) is 1.54. The van der Waals surface area contributed by atoms with Crippen molar-refractivity contribution in [2.75, 3.05) is 26.3 Å². The Balaban J connectivity index is 1.30. The lowest BCUT2D eigenvalue weighted by molar-refractivity contribution is 0.0343. The minimum atomic E-state index is -0.322. The Kier molecular flexibility index (Phi) is 10.9. The molecule has 1 aliphatic heterocycles. The maximum absolute atomic E-state index is 13.9. The fourth-order valence-electron chi connectivity index (χ4n) is 8.02. The maximum atomic E-state index is 13.9. The van der Waals surface area contributed by atoms with Crippen LogP contribution in [0.3, 0.4) is 0 Å². The molecule has 0 aliphatic carbocycles. The summed E-state index contributed by atoms with van der Waals surface area (Å²) in [5.74, 6) is -0.642. The molecule has 55 heavy (non-hydrogen) atoms. The van der Waals surface area contributed by atoms with Crippen molar-refractivity contribution in [2.24, 2.45) is 24.1 Å². The van der Waals surface area contributed by atoms with Crippen LogP contribution in [0.15, 0.2) is 64.6 Å². The largest absolute Gasteiger partial charge is 0.379 e. The monoisotopic (exact) mass is 747 g/mol. The SMILES string of the molecule is CCn1nc(C)cc1C(=O)/N=c1\n(C)c2ccccc2n1C(C)CCC(C)n1/c(=N/C(=O)c2cc(C)nn2CC)n(C)c2cccc(CN3CCOCC3)c21. The second-order valence-electron chi connectivity index (χ2n) is 14.7. The second-order valence-corrected chi connectivity index (χ2v) is 14.7. The van der Waals surface area contributed by atoms with Crippen LogP contribution in [-0.4, -0.2) is 80.8 Å². The molecule has 2 aromatic carbocycles. The molecule has 14 heteroatoms. The van der Waals surface area contributed by atoms with Crippen LogP contribution in [0.4, 0.5) is 0 Å². The Bertz CT molecular complexity index is 2510. The summed E-state index contributed by atoms with van der Waals surface area (Å²) in [5.41, 5.74) is 8.97. The van der Waals surface area contributed by atoms with Crippen LogP contribution in [0.5, 0.6) is 0 Å². The topological polar surface area (TPSA) is 127 Å². The maximum Gasteiger partial charge on any atom is 0.298 e. The van der Waals surface area contributed by atoms with E-state index in [1.807, 2.05) is 69.1 Å². The molecule has 2 amide bonds.